The van der Waals surface area contributed by atoms with Crippen LogP contribution in [-0.2, 0) is 11.3 Å². The van der Waals surface area contributed by atoms with Gasteiger partial charge in [0.2, 0.25) is 5.91 Å². The first-order valence-electron chi connectivity index (χ1n) is 12.4. The summed E-state index contributed by atoms with van der Waals surface area (Å²) in [7, 11) is 0. The molecule has 3 aromatic rings. The number of carbonyl (C=O) groups is 1. The summed E-state index contributed by atoms with van der Waals surface area (Å²) >= 11 is 0. The average Bonchev–Trinajstić information content (AvgIpc) is 3.57. The molecule has 2 aliphatic carbocycles. The van der Waals surface area contributed by atoms with Crippen molar-refractivity contribution in [3.8, 4) is 11.3 Å². The lowest BCUT2D eigenvalue weighted by Crippen LogP contribution is -2.49. The third kappa shape index (κ3) is 4.37. The maximum absolute atomic E-state index is 14.3. The molecule has 36 heavy (non-hydrogen) atoms. The van der Waals surface area contributed by atoms with Gasteiger partial charge in [0.1, 0.15) is 18.2 Å². The Morgan fingerprint density at radius 1 is 1.03 bits per heavy atom. The molecule has 1 aromatic carbocycles. The normalized spacial score (nSPS) is 19.4. The van der Waals surface area contributed by atoms with Crippen molar-refractivity contribution in [3.05, 3.63) is 95.6 Å². The van der Waals surface area contributed by atoms with Gasteiger partial charge in [-0.1, -0.05) is 48.0 Å². The van der Waals surface area contributed by atoms with Crippen LogP contribution in [0.4, 0.5) is 10.2 Å². The Labute approximate surface area is 210 Å². The Morgan fingerprint density at radius 2 is 1.81 bits per heavy atom. The Hall–Kier alpha value is -4.00. The Bertz CT molecular complexity index is 1380. The zero-order valence-corrected chi connectivity index (χ0v) is 20.3. The van der Waals surface area contributed by atoms with Gasteiger partial charge in [0.25, 0.3) is 0 Å². The van der Waals surface area contributed by atoms with E-state index in [-0.39, 0.29) is 24.2 Å². The number of hydrogen-bond acceptors (Lipinski definition) is 4. The summed E-state index contributed by atoms with van der Waals surface area (Å²) in [5, 5.41) is 4.89. The minimum atomic E-state index is -0.176. The summed E-state index contributed by atoms with van der Waals surface area (Å²) in [4.78, 5) is 21.9. The van der Waals surface area contributed by atoms with Crippen molar-refractivity contribution in [2.75, 3.05) is 31.1 Å². The number of rotatable bonds is 5. The number of fused-ring (bicyclic) bond motifs is 1. The maximum atomic E-state index is 14.3. The number of nitrogens with zero attached hydrogens (tertiary/aromatic N) is 5. The molecule has 1 atom stereocenters. The smallest absolute Gasteiger partial charge is 0.244 e. The number of halogens is 1. The number of piperazine rings is 1. The summed E-state index contributed by atoms with van der Waals surface area (Å²) in [6.07, 6.45) is 6.23. The van der Waals surface area contributed by atoms with Crippen LogP contribution in [0.5, 0.6) is 0 Å². The number of pyridine rings is 1. The molecule has 1 unspecified atom stereocenters. The standard InChI is InChI=1S/C29H28FN5O/c1-20-15-24(23-16-22(23)17-25(20)30)26-18-27(21-7-3-2-4-8-21)35(32-26)19-29(36)34-13-11-33(12-14-34)28-9-5-6-10-31-28/h2-10,15,17-18,23H,11-14,16,19H2,1H3. The third-order valence-electron chi connectivity index (χ3n) is 7.20. The zero-order chi connectivity index (χ0) is 24.6. The van der Waals surface area contributed by atoms with Gasteiger partial charge in [0, 0.05) is 38.3 Å². The van der Waals surface area contributed by atoms with Crippen LogP contribution in [0, 0.1) is 5.92 Å². The van der Waals surface area contributed by atoms with Gasteiger partial charge >= 0.3 is 0 Å². The molecule has 6 nitrogen and oxygen atoms in total. The Morgan fingerprint density at radius 3 is 2.56 bits per heavy atom. The predicted molar refractivity (Wildman–Crippen MR) is 139 cm³/mol. The van der Waals surface area contributed by atoms with Crippen LogP contribution < -0.4 is 4.90 Å². The molecule has 7 heteroatoms. The largest absolute Gasteiger partial charge is 0.353 e. The highest BCUT2D eigenvalue weighted by Crippen LogP contribution is 2.50. The second-order valence-corrected chi connectivity index (χ2v) is 9.60. The highest BCUT2D eigenvalue weighted by atomic mass is 19.1. The zero-order valence-electron chi connectivity index (χ0n) is 20.3. The minimum absolute atomic E-state index is 0.0477. The molecule has 0 spiro atoms. The molecule has 2 fully saturated rings. The SMILES string of the molecule is CC1=C(F)C=C2CC2C(c2cc(-c3ccccc3)n(CC(=O)N3CCN(c4ccccn4)CC3)n2)=C1. The summed E-state index contributed by atoms with van der Waals surface area (Å²) in [5.74, 6) is 1.02. The molecule has 3 aliphatic rings. The fraction of sp³-hybridized carbons (Fsp3) is 0.276. The molecule has 1 saturated heterocycles. The molecule has 1 saturated carbocycles. The number of aromatic nitrogens is 3. The highest BCUT2D eigenvalue weighted by Gasteiger charge is 2.37. The van der Waals surface area contributed by atoms with Crippen LogP contribution in [0.2, 0.25) is 0 Å². The average molecular weight is 482 g/mol. The number of amides is 1. The Kier molecular flexibility index (Phi) is 5.76. The van der Waals surface area contributed by atoms with E-state index < -0.39 is 0 Å². The molecule has 0 N–H and O–H groups in total. The first-order chi connectivity index (χ1) is 17.6. The van der Waals surface area contributed by atoms with E-state index >= 15 is 0 Å². The molecular formula is C29H28FN5O. The van der Waals surface area contributed by atoms with Crippen molar-refractivity contribution < 1.29 is 9.18 Å². The van der Waals surface area contributed by atoms with E-state index in [0.29, 0.717) is 18.7 Å². The lowest BCUT2D eigenvalue weighted by atomic mass is 10.0. The predicted octanol–water partition coefficient (Wildman–Crippen LogP) is 4.88. The summed E-state index contributed by atoms with van der Waals surface area (Å²) < 4.78 is 16.2. The van der Waals surface area contributed by atoms with E-state index in [1.165, 1.54) is 0 Å². The highest BCUT2D eigenvalue weighted by molar-refractivity contribution is 5.80. The van der Waals surface area contributed by atoms with E-state index in [2.05, 4.69) is 9.88 Å². The lowest BCUT2D eigenvalue weighted by molar-refractivity contribution is -0.132. The Balaban J connectivity index is 1.25. The lowest BCUT2D eigenvalue weighted by Gasteiger charge is -2.35. The molecular weight excluding hydrogens is 453 g/mol. The number of allylic oxidation sites excluding steroid dienone is 6. The van der Waals surface area contributed by atoms with Gasteiger partial charge in [-0.15, -0.1) is 0 Å². The third-order valence-corrected chi connectivity index (χ3v) is 7.20. The van der Waals surface area contributed by atoms with E-state index in [0.717, 1.165) is 53.4 Å². The van der Waals surface area contributed by atoms with Crippen LogP contribution in [0.15, 0.2) is 89.9 Å². The molecule has 0 radical (unpaired) electrons. The molecule has 3 heterocycles. The molecule has 1 amide bonds. The van der Waals surface area contributed by atoms with E-state index in [9.17, 15) is 9.18 Å². The minimum Gasteiger partial charge on any atom is -0.353 e. The van der Waals surface area contributed by atoms with Crippen LogP contribution in [0.25, 0.3) is 16.8 Å². The molecule has 1 aliphatic heterocycles. The maximum Gasteiger partial charge on any atom is 0.244 e. The van der Waals surface area contributed by atoms with Gasteiger partial charge < -0.3 is 9.80 Å². The topological polar surface area (TPSA) is 54.3 Å². The number of carbonyl (C=O) groups excluding carboxylic acids is 1. The van der Waals surface area contributed by atoms with E-state index in [1.807, 2.05) is 70.3 Å². The van der Waals surface area contributed by atoms with Crippen molar-refractivity contribution in [2.24, 2.45) is 5.92 Å². The number of anilines is 1. The summed E-state index contributed by atoms with van der Waals surface area (Å²) in [5.41, 5.74) is 5.45. The second kappa shape index (κ2) is 9.22. The van der Waals surface area contributed by atoms with Gasteiger partial charge in [0.05, 0.1) is 11.4 Å². The molecule has 182 valence electrons. The first kappa shape index (κ1) is 22.5. The number of hydrogen-bond donors (Lipinski definition) is 0. The van der Waals surface area contributed by atoms with Crippen molar-refractivity contribution >= 4 is 17.3 Å². The van der Waals surface area contributed by atoms with Crippen LogP contribution in [-0.4, -0.2) is 51.8 Å². The number of benzene rings is 1. The van der Waals surface area contributed by atoms with Crippen LogP contribution >= 0.6 is 0 Å². The van der Waals surface area contributed by atoms with Gasteiger partial charge in [0.15, 0.2) is 0 Å². The van der Waals surface area contributed by atoms with E-state index in [1.54, 1.807) is 19.2 Å². The quantitative estimate of drug-likeness (QED) is 0.521. The van der Waals surface area contributed by atoms with Gasteiger partial charge in [-0.3, -0.25) is 9.48 Å². The summed E-state index contributed by atoms with van der Waals surface area (Å²) in [6.45, 7) is 4.75. The van der Waals surface area contributed by atoms with Crippen molar-refractivity contribution in [1.29, 1.82) is 0 Å². The monoisotopic (exact) mass is 481 g/mol. The molecule has 6 rings (SSSR count). The second-order valence-electron chi connectivity index (χ2n) is 9.60. The van der Waals surface area contributed by atoms with Crippen LogP contribution in [0.1, 0.15) is 19.0 Å². The van der Waals surface area contributed by atoms with Crippen molar-refractivity contribution in [2.45, 2.75) is 19.9 Å². The van der Waals surface area contributed by atoms with Gasteiger partial charge in [-0.25, -0.2) is 9.37 Å². The summed E-state index contributed by atoms with van der Waals surface area (Å²) in [6, 6.07) is 17.9. The van der Waals surface area contributed by atoms with Crippen LogP contribution in [0.3, 0.4) is 0 Å². The van der Waals surface area contributed by atoms with Crippen molar-refractivity contribution in [3.63, 3.8) is 0 Å². The van der Waals surface area contributed by atoms with Crippen molar-refractivity contribution in [1.82, 2.24) is 19.7 Å². The fourth-order valence-corrected chi connectivity index (χ4v) is 5.05. The molecule has 2 aromatic heterocycles. The van der Waals surface area contributed by atoms with Gasteiger partial charge in [-0.05, 0) is 54.3 Å². The molecule has 0 bridgehead atoms. The van der Waals surface area contributed by atoms with E-state index in [4.69, 9.17) is 5.10 Å². The first-order valence-corrected chi connectivity index (χ1v) is 12.4. The fourth-order valence-electron chi connectivity index (χ4n) is 5.05. The van der Waals surface area contributed by atoms with Gasteiger partial charge in [-0.2, -0.15) is 5.10 Å².